The normalized spacial score (nSPS) is 23.1. The number of aliphatic hydroxyl groups excluding tert-OH is 1. The van der Waals surface area contributed by atoms with Crippen molar-refractivity contribution in [3.05, 3.63) is 29.3 Å². The molecule has 0 spiro atoms. The van der Waals surface area contributed by atoms with Crippen LogP contribution in [0.1, 0.15) is 31.4 Å². The molecule has 3 heteroatoms. The van der Waals surface area contributed by atoms with Crippen molar-refractivity contribution >= 4 is 5.69 Å². The van der Waals surface area contributed by atoms with Gasteiger partial charge in [0.05, 0.1) is 12.1 Å². The van der Waals surface area contributed by atoms with Gasteiger partial charge in [0.2, 0.25) is 0 Å². The minimum absolute atomic E-state index is 0.133. The Morgan fingerprint density at radius 1 is 1.26 bits per heavy atom. The van der Waals surface area contributed by atoms with E-state index in [-0.39, 0.29) is 12.1 Å². The fraction of sp³-hybridized carbons (Fsp3) is 0.625. The molecule has 0 aromatic heterocycles. The Bertz CT molecular complexity index is 405. The van der Waals surface area contributed by atoms with E-state index in [1.54, 1.807) is 0 Å². The van der Waals surface area contributed by atoms with Gasteiger partial charge in [0, 0.05) is 18.8 Å². The molecule has 0 amide bonds. The molecule has 0 aliphatic carbocycles. The molecule has 1 aliphatic rings. The Balaban J connectivity index is 2.33. The van der Waals surface area contributed by atoms with Gasteiger partial charge in [-0.05, 0) is 37.4 Å². The van der Waals surface area contributed by atoms with Gasteiger partial charge >= 0.3 is 0 Å². The molecule has 1 heterocycles. The molecule has 1 aromatic rings. The van der Waals surface area contributed by atoms with E-state index in [9.17, 15) is 5.11 Å². The van der Waals surface area contributed by atoms with E-state index in [4.69, 9.17) is 0 Å². The van der Waals surface area contributed by atoms with Crippen LogP contribution >= 0.6 is 0 Å². The first-order valence-electron chi connectivity index (χ1n) is 7.35. The van der Waals surface area contributed by atoms with Gasteiger partial charge in [0.15, 0.2) is 0 Å². The summed E-state index contributed by atoms with van der Waals surface area (Å²) < 4.78 is 0. The number of aliphatic hydroxyl groups is 1. The average molecular weight is 262 g/mol. The van der Waals surface area contributed by atoms with E-state index in [2.05, 4.69) is 42.3 Å². The van der Waals surface area contributed by atoms with E-state index in [0.717, 1.165) is 32.4 Å². The predicted molar refractivity (Wildman–Crippen MR) is 80.9 cm³/mol. The van der Waals surface area contributed by atoms with E-state index in [0.29, 0.717) is 0 Å². The third-order valence-corrected chi connectivity index (χ3v) is 4.47. The first-order valence-corrected chi connectivity index (χ1v) is 7.35. The molecule has 0 bridgehead atoms. The highest BCUT2D eigenvalue weighted by molar-refractivity contribution is 5.61. The zero-order valence-corrected chi connectivity index (χ0v) is 12.4. The molecule has 2 rings (SSSR count). The lowest BCUT2D eigenvalue weighted by Crippen LogP contribution is -2.48. The summed E-state index contributed by atoms with van der Waals surface area (Å²) in [6, 6.07) is 6.62. The van der Waals surface area contributed by atoms with E-state index >= 15 is 0 Å². The first-order chi connectivity index (χ1) is 9.19. The molecule has 1 saturated heterocycles. The molecule has 1 fully saturated rings. The predicted octanol–water partition coefficient (Wildman–Crippen LogP) is 1.97. The molecule has 2 N–H and O–H groups in total. The van der Waals surface area contributed by atoms with Gasteiger partial charge in [-0.25, -0.2) is 0 Å². The summed E-state index contributed by atoms with van der Waals surface area (Å²) in [5, 5.41) is 13.0. The number of hydrogen-bond donors (Lipinski definition) is 2. The highest BCUT2D eigenvalue weighted by atomic mass is 16.3. The fourth-order valence-electron chi connectivity index (χ4n) is 3.10. The Morgan fingerprint density at radius 2 is 1.89 bits per heavy atom. The van der Waals surface area contributed by atoms with E-state index in [1.165, 1.54) is 16.8 Å². The summed E-state index contributed by atoms with van der Waals surface area (Å²) in [6.07, 6.45) is 3.12. The average Bonchev–Trinajstić information content (AvgIpc) is 2.91. The number of nitrogens with zero attached hydrogens (tertiary/aromatic N) is 1. The third-order valence-electron chi connectivity index (χ3n) is 4.47. The second-order valence-corrected chi connectivity index (χ2v) is 5.49. The lowest BCUT2D eigenvalue weighted by Gasteiger charge is -2.29. The number of benzene rings is 1. The van der Waals surface area contributed by atoms with Gasteiger partial charge < -0.3 is 15.3 Å². The number of rotatable bonds is 5. The highest BCUT2D eigenvalue weighted by Gasteiger charge is 2.37. The number of likely N-dealkylation sites (N-methyl/N-ethyl adjacent to an activating group) is 1. The number of hydrogen-bond acceptors (Lipinski definition) is 3. The SMILES string of the molecule is CCc1cccc(CC)c1N1CCC(CO)(NC)C1. The van der Waals surface area contributed by atoms with Gasteiger partial charge in [-0.2, -0.15) is 0 Å². The van der Waals surface area contributed by atoms with Crippen LogP contribution in [0.2, 0.25) is 0 Å². The van der Waals surface area contributed by atoms with Crippen molar-refractivity contribution in [1.82, 2.24) is 5.32 Å². The molecule has 1 aliphatic heterocycles. The van der Waals surface area contributed by atoms with Crippen LogP contribution in [0.25, 0.3) is 0 Å². The van der Waals surface area contributed by atoms with Gasteiger partial charge in [0.1, 0.15) is 0 Å². The number of anilines is 1. The maximum absolute atomic E-state index is 9.65. The summed E-state index contributed by atoms with van der Waals surface area (Å²) in [5.41, 5.74) is 4.11. The standard InChI is InChI=1S/C16H26N2O/c1-4-13-7-6-8-14(5-2)15(13)18-10-9-16(11-18,12-19)17-3/h6-8,17,19H,4-5,9-12H2,1-3H3. The third kappa shape index (κ3) is 2.63. The molecule has 0 saturated carbocycles. The zero-order chi connectivity index (χ0) is 13.9. The van der Waals surface area contributed by atoms with Crippen molar-refractivity contribution in [2.45, 2.75) is 38.6 Å². The maximum Gasteiger partial charge on any atom is 0.0631 e. The van der Waals surface area contributed by atoms with E-state index < -0.39 is 0 Å². The lowest BCUT2D eigenvalue weighted by molar-refractivity contribution is 0.184. The lowest BCUT2D eigenvalue weighted by atomic mass is 10.00. The Kier molecular flexibility index (Phi) is 4.48. The molecule has 1 aromatic carbocycles. The Morgan fingerprint density at radius 3 is 2.32 bits per heavy atom. The molecule has 19 heavy (non-hydrogen) atoms. The quantitative estimate of drug-likeness (QED) is 0.851. The minimum Gasteiger partial charge on any atom is -0.394 e. The van der Waals surface area contributed by atoms with E-state index in [1.807, 2.05) is 7.05 Å². The monoisotopic (exact) mass is 262 g/mol. The highest BCUT2D eigenvalue weighted by Crippen LogP contribution is 2.32. The molecule has 1 atom stereocenters. The van der Waals surface area contributed by atoms with Crippen molar-refractivity contribution < 1.29 is 5.11 Å². The number of aryl methyl sites for hydroxylation is 2. The molecule has 0 radical (unpaired) electrons. The summed E-state index contributed by atoms with van der Waals surface area (Å²) in [6.45, 7) is 6.54. The number of para-hydroxylation sites is 1. The maximum atomic E-state index is 9.65. The van der Waals surface area contributed by atoms with Gasteiger partial charge in [-0.3, -0.25) is 0 Å². The summed E-state index contributed by atoms with van der Waals surface area (Å²) in [5.74, 6) is 0. The second kappa shape index (κ2) is 5.93. The Labute approximate surface area is 116 Å². The van der Waals surface area contributed by atoms with Crippen LogP contribution in [0.15, 0.2) is 18.2 Å². The minimum atomic E-state index is -0.133. The van der Waals surface area contributed by atoms with Crippen molar-refractivity contribution in [1.29, 1.82) is 0 Å². The van der Waals surface area contributed by atoms with Crippen molar-refractivity contribution in [2.75, 3.05) is 31.6 Å². The zero-order valence-electron chi connectivity index (χ0n) is 12.4. The second-order valence-electron chi connectivity index (χ2n) is 5.49. The van der Waals surface area contributed by atoms with Gasteiger partial charge in [-0.1, -0.05) is 32.0 Å². The Hall–Kier alpha value is -1.06. The van der Waals surface area contributed by atoms with Crippen LogP contribution in [0.5, 0.6) is 0 Å². The number of nitrogens with one attached hydrogen (secondary N) is 1. The summed E-state index contributed by atoms with van der Waals surface area (Å²) in [7, 11) is 1.95. The summed E-state index contributed by atoms with van der Waals surface area (Å²) >= 11 is 0. The van der Waals surface area contributed by atoms with Crippen LogP contribution in [0, 0.1) is 0 Å². The summed E-state index contributed by atoms with van der Waals surface area (Å²) in [4.78, 5) is 2.45. The fourth-order valence-corrected chi connectivity index (χ4v) is 3.10. The van der Waals surface area contributed by atoms with Crippen LogP contribution < -0.4 is 10.2 Å². The van der Waals surface area contributed by atoms with Crippen molar-refractivity contribution in [3.63, 3.8) is 0 Å². The largest absolute Gasteiger partial charge is 0.394 e. The first kappa shape index (κ1) is 14.4. The van der Waals surface area contributed by atoms with Crippen molar-refractivity contribution in [2.24, 2.45) is 0 Å². The van der Waals surface area contributed by atoms with Crippen LogP contribution in [0.3, 0.4) is 0 Å². The van der Waals surface area contributed by atoms with Crippen molar-refractivity contribution in [3.8, 4) is 0 Å². The van der Waals surface area contributed by atoms with Gasteiger partial charge in [-0.15, -0.1) is 0 Å². The molecule has 1 unspecified atom stereocenters. The molecular weight excluding hydrogens is 236 g/mol. The van der Waals surface area contributed by atoms with Crippen LogP contribution in [-0.4, -0.2) is 37.4 Å². The molecule has 3 nitrogen and oxygen atoms in total. The molecular formula is C16H26N2O. The smallest absolute Gasteiger partial charge is 0.0631 e. The molecule has 106 valence electrons. The van der Waals surface area contributed by atoms with Gasteiger partial charge in [0.25, 0.3) is 0 Å². The van der Waals surface area contributed by atoms with Crippen LogP contribution in [0.4, 0.5) is 5.69 Å². The topological polar surface area (TPSA) is 35.5 Å². The van der Waals surface area contributed by atoms with Crippen LogP contribution in [-0.2, 0) is 12.8 Å².